The van der Waals surface area contributed by atoms with E-state index in [4.69, 9.17) is 15.2 Å². The average Bonchev–Trinajstić information content (AvgIpc) is 3.09. The first kappa shape index (κ1) is 16.6. The van der Waals surface area contributed by atoms with E-state index < -0.39 is 30.5 Å². The SMILES string of the molecule is CC(C)COC(=O)[C@H]1OC(n2cnc3c(N)ncnc32)[C@H](O)[C@@H]1O. The molecule has 1 unspecified atom stereocenters. The quantitative estimate of drug-likeness (QED) is 0.612. The van der Waals surface area contributed by atoms with Gasteiger partial charge in [0, 0.05) is 0 Å². The van der Waals surface area contributed by atoms with Crippen LogP contribution < -0.4 is 5.73 Å². The van der Waals surface area contributed by atoms with Gasteiger partial charge in [0.1, 0.15) is 24.1 Å². The molecule has 0 saturated carbocycles. The topological polar surface area (TPSA) is 146 Å². The number of ether oxygens (including phenoxy) is 2. The molecule has 2 aromatic heterocycles. The third kappa shape index (κ3) is 2.79. The third-order valence-corrected chi connectivity index (χ3v) is 3.69. The van der Waals surface area contributed by atoms with E-state index in [1.54, 1.807) is 0 Å². The van der Waals surface area contributed by atoms with Crippen LogP contribution >= 0.6 is 0 Å². The molecule has 10 nitrogen and oxygen atoms in total. The monoisotopic (exact) mass is 337 g/mol. The molecule has 0 aromatic carbocycles. The minimum Gasteiger partial charge on any atom is -0.463 e. The van der Waals surface area contributed by atoms with E-state index in [0.29, 0.717) is 11.2 Å². The summed E-state index contributed by atoms with van der Waals surface area (Å²) in [5, 5.41) is 20.4. The second-order valence-corrected chi connectivity index (χ2v) is 6.04. The maximum absolute atomic E-state index is 12.0. The first-order valence-corrected chi connectivity index (χ1v) is 7.51. The zero-order valence-corrected chi connectivity index (χ0v) is 13.2. The molecule has 1 aliphatic rings. The molecule has 0 spiro atoms. The van der Waals surface area contributed by atoms with E-state index in [-0.39, 0.29) is 18.3 Å². The number of aromatic nitrogens is 4. The van der Waals surface area contributed by atoms with Crippen molar-refractivity contribution in [2.24, 2.45) is 5.92 Å². The number of anilines is 1. The van der Waals surface area contributed by atoms with Gasteiger partial charge in [0.25, 0.3) is 0 Å². The van der Waals surface area contributed by atoms with Crippen molar-refractivity contribution in [1.82, 2.24) is 19.5 Å². The molecule has 10 heteroatoms. The van der Waals surface area contributed by atoms with E-state index in [1.807, 2.05) is 13.8 Å². The van der Waals surface area contributed by atoms with Crippen LogP contribution in [0.15, 0.2) is 12.7 Å². The van der Waals surface area contributed by atoms with E-state index in [1.165, 1.54) is 17.2 Å². The number of aliphatic hydroxyl groups excluding tert-OH is 2. The molecule has 4 atom stereocenters. The van der Waals surface area contributed by atoms with Crippen LogP contribution in [0.2, 0.25) is 0 Å². The number of hydrogen-bond donors (Lipinski definition) is 3. The van der Waals surface area contributed by atoms with E-state index >= 15 is 0 Å². The fourth-order valence-corrected chi connectivity index (χ4v) is 2.47. The molecular formula is C14H19N5O5. The number of carbonyl (C=O) groups is 1. The minimum absolute atomic E-state index is 0.144. The van der Waals surface area contributed by atoms with Crippen molar-refractivity contribution in [3.63, 3.8) is 0 Å². The summed E-state index contributed by atoms with van der Waals surface area (Å²) in [7, 11) is 0. The molecule has 1 fully saturated rings. The number of aliphatic hydroxyl groups is 2. The van der Waals surface area contributed by atoms with Gasteiger partial charge in [-0.1, -0.05) is 13.8 Å². The molecule has 24 heavy (non-hydrogen) atoms. The van der Waals surface area contributed by atoms with Crippen molar-refractivity contribution >= 4 is 23.0 Å². The third-order valence-electron chi connectivity index (χ3n) is 3.69. The zero-order valence-electron chi connectivity index (χ0n) is 13.2. The molecule has 1 aliphatic heterocycles. The Morgan fingerprint density at radius 2 is 2.12 bits per heavy atom. The maximum Gasteiger partial charge on any atom is 0.338 e. The van der Waals surface area contributed by atoms with Crippen molar-refractivity contribution in [2.75, 3.05) is 12.3 Å². The summed E-state index contributed by atoms with van der Waals surface area (Å²) < 4.78 is 12.0. The molecule has 3 rings (SSSR count). The highest BCUT2D eigenvalue weighted by molar-refractivity contribution is 5.81. The number of nitrogens with zero attached hydrogens (tertiary/aromatic N) is 4. The molecule has 0 amide bonds. The predicted octanol–water partition coefficient (Wildman–Crippen LogP) is -0.773. The van der Waals surface area contributed by atoms with Gasteiger partial charge in [-0.25, -0.2) is 19.7 Å². The molecule has 3 heterocycles. The average molecular weight is 337 g/mol. The van der Waals surface area contributed by atoms with Crippen LogP contribution in [0, 0.1) is 5.92 Å². The van der Waals surface area contributed by atoms with Crippen LogP contribution in [0.25, 0.3) is 11.2 Å². The lowest BCUT2D eigenvalue weighted by Crippen LogP contribution is -2.37. The fraction of sp³-hybridized carbons (Fsp3) is 0.571. The summed E-state index contributed by atoms with van der Waals surface area (Å²) in [5.41, 5.74) is 6.39. The van der Waals surface area contributed by atoms with Crippen molar-refractivity contribution < 1.29 is 24.5 Å². The Bertz CT molecular complexity index is 748. The molecule has 0 radical (unpaired) electrons. The smallest absolute Gasteiger partial charge is 0.338 e. The highest BCUT2D eigenvalue weighted by Crippen LogP contribution is 2.32. The maximum atomic E-state index is 12.0. The van der Waals surface area contributed by atoms with Gasteiger partial charge < -0.3 is 25.4 Å². The van der Waals surface area contributed by atoms with Gasteiger partial charge in [-0.3, -0.25) is 4.57 Å². The first-order valence-electron chi connectivity index (χ1n) is 7.51. The van der Waals surface area contributed by atoms with Crippen LogP contribution in [0.3, 0.4) is 0 Å². The lowest BCUT2D eigenvalue weighted by molar-refractivity contribution is -0.163. The minimum atomic E-state index is -1.42. The Morgan fingerprint density at radius 1 is 1.38 bits per heavy atom. The number of hydrogen-bond acceptors (Lipinski definition) is 9. The van der Waals surface area contributed by atoms with Gasteiger partial charge >= 0.3 is 5.97 Å². The summed E-state index contributed by atoms with van der Waals surface area (Å²) in [5.74, 6) is -0.401. The highest BCUT2D eigenvalue weighted by Gasteiger charge is 2.48. The molecule has 130 valence electrons. The fourth-order valence-electron chi connectivity index (χ4n) is 2.47. The number of fused-ring (bicyclic) bond motifs is 1. The van der Waals surface area contributed by atoms with Gasteiger partial charge in [0.05, 0.1) is 12.9 Å². The molecular weight excluding hydrogens is 318 g/mol. The van der Waals surface area contributed by atoms with Crippen LogP contribution in [-0.4, -0.2) is 60.6 Å². The first-order chi connectivity index (χ1) is 11.4. The van der Waals surface area contributed by atoms with Crippen molar-refractivity contribution in [3.8, 4) is 0 Å². The summed E-state index contributed by atoms with van der Waals surface area (Å²) in [6.45, 7) is 3.97. The predicted molar refractivity (Wildman–Crippen MR) is 81.5 cm³/mol. The van der Waals surface area contributed by atoms with E-state index in [2.05, 4.69) is 15.0 Å². The molecule has 1 saturated heterocycles. The Balaban J connectivity index is 1.84. The van der Waals surface area contributed by atoms with Crippen LogP contribution in [0.5, 0.6) is 0 Å². The van der Waals surface area contributed by atoms with Crippen molar-refractivity contribution in [1.29, 1.82) is 0 Å². The summed E-state index contributed by atoms with van der Waals surface area (Å²) in [4.78, 5) is 24.0. The number of nitrogen functional groups attached to an aromatic ring is 1. The number of rotatable bonds is 4. The normalized spacial score (nSPS) is 27.0. The second-order valence-electron chi connectivity index (χ2n) is 6.04. The standard InChI is InChI=1S/C14H19N5O5/c1-6(2)3-23-14(22)10-8(20)9(21)13(24-10)19-5-18-7-11(15)16-4-17-12(7)19/h4-6,8-10,13,20-21H,3H2,1-2H3,(H2,15,16,17)/t8-,9+,10-,13?/m0/s1. The van der Waals surface area contributed by atoms with Crippen LogP contribution in [0.1, 0.15) is 20.1 Å². The Kier molecular flexibility index (Phi) is 4.35. The van der Waals surface area contributed by atoms with E-state index in [0.717, 1.165) is 0 Å². The second kappa shape index (κ2) is 6.30. The lowest BCUT2D eigenvalue weighted by Gasteiger charge is -2.16. The highest BCUT2D eigenvalue weighted by atomic mass is 16.6. The van der Waals surface area contributed by atoms with Gasteiger partial charge in [0.2, 0.25) is 0 Å². The van der Waals surface area contributed by atoms with Crippen molar-refractivity contribution in [3.05, 3.63) is 12.7 Å². The molecule has 0 aliphatic carbocycles. The van der Waals surface area contributed by atoms with Crippen LogP contribution in [0.4, 0.5) is 5.82 Å². The largest absolute Gasteiger partial charge is 0.463 e. The van der Waals surface area contributed by atoms with Gasteiger partial charge in [-0.2, -0.15) is 0 Å². The van der Waals surface area contributed by atoms with E-state index in [9.17, 15) is 15.0 Å². The Labute approximate surface area is 137 Å². The van der Waals surface area contributed by atoms with Gasteiger partial charge in [-0.05, 0) is 5.92 Å². The zero-order chi connectivity index (χ0) is 17.4. The number of carbonyl (C=O) groups excluding carboxylic acids is 1. The Morgan fingerprint density at radius 3 is 2.83 bits per heavy atom. The number of nitrogens with two attached hydrogens (primary N) is 1. The summed E-state index contributed by atoms with van der Waals surface area (Å²) >= 11 is 0. The molecule has 2 aromatic rings. The van der Waals surface area contributed by atoms with Crippen LogP contribution in [-0.2, 0) is 14.3 Å². The van der Waals surface area contributed by atoms with Gasteiger partial charge in [0.15, 0.2) is 23.8 Å². The van der Waals surface area contributed by atoms with Crippen molar-refractivity contribution in [2.45, 2.75) is 38.4 Å². The lowest BCUT2D eigenvalue weighted by atomic mass is 10.1. The molecule has 0 bridgehead atoms. The summed E-state index contributed by atoms with van der Waals surface area (Å²) in [6.07, 6.45) is -2.50. The van der Waals surface area contributed by atoms with Gasteiger partial charge in [-0.15, -0.1) is 0 Å². The number of esters is 1. The number of imidazole rings is 1. The summed E-state index contributed by atoms with van der Waals surface area (Å²) in [6, 6.07) is 0. The molecule has 4 N–H and O–H groups in total. The Hall–Kier alpha value is -2.30.